The highest BCUT2D eigenvalue weighted by Crippen LogP contribution is 2.21. The van der Waals surface area contributed by atoms with Gasteiger partial charge >= 0.3 is 5.97 Å². The van der Waals surface area contributed by atoms with Gasteiger partial charge in [-0.3, -0.25) is 4.79 Å². The zero-order valence-electron chi connectivity index (χ0n) is 11.8. The lowest BCUT2D eigenvalue weighted by Crippen LogP contribution is -2.31. The summed E-state index contributed by atoms with van der Waals surface area (Å²) in [6, 6.07) is 6.47. The number of allylic oxidation sites excluding steroid dienone is 1. The molecule has 0 N–H and O–H groups in total. The summed E-state index contributed by atoms with van der Waals surface area (Å²) in [6.07, 6.45) is 3.17. The molecular weight excluding hydrogens is 276 g/mol. The first kappa shape index (κ1) is 16.4. The summed E-state index contributed by atoms with van der Waals surface area (Å²) in [4.78, 5) is 11.9. The van der Waals surface area contributed by atoms with Crippen molar-refractivity contribution in [3.8, 4) is 0 Å². The van der Waals surface area contributed by atoms with Crippen LogP contribution in [0.25, 0.3) is 0 Å². The molecule has 5 heteroatoms. The number of carbonyl (C=O) groups excluding carboxylic acids is 1. The molecule has 0 fully saturated rings. The van der Waals surface area contributed by atoms with Crippen LogP contribution in [0.5, 0.6) is 0 Å². The SMILES string of the molecule is C=CCCCC(C(=O)OC)S(=O)(=O)c1ccc(C)cc1. The number of rotatable bonds is 7. The molecule has 1 aromatic carbocycles. The molecule has 0 heterocycles. The van der Waals surface area contributed by atoms with Gasteiger partial charge in [-0.05, 0) is 38.3 Å². The Morgan fingerprint density at radius 3 is 2.45 bits per heavy atom. The lowest BCUT2D eigenvalue weighted by molar-refractivity contribution is -0.140. The first-order chi connectivity index (χ1) is 9.43. The van der Waals surface area contributed by atoms with Crippen LogP contribution in [0, 0.1) is 6.92 Å². The molecule has 0 saturated carbocycles. The van der Waals surface area contributed by atoms with Crippen LogP contribution in [0.2, 0.25) is 0 Å². The van der Waals surface area contributed by atoms with Gasteiger partial charge in [-0.15, -0.1) is 6.58 Å². The summed E-state index contributed by atoms with van der Waals surface area (Å²) < 4.78 is 29.7. The number of esters is 1. The molecule has 0 bridgehead atoms. The molecule has 1 aromatic rings. The zero-order chi connectivity index (χ0) is 15.2. The Kier molecular flexibility index (Phi) is 5.95. The standard InChI is InChI=1S/C15H20O4S/c1-4-5-6-7-14(15(16)19-3)20(17,18)13-10-8-12(2)9-11-13/h4,8-11,14H,1,5-7H2,2-3H3. The molecule has 0 aliphatic rings. The van der Waals surface area contributed by atoms with Crippen molar-refractivity contribution in [1.29, 1.82) is 0 Å². The van der Waals surface area contributed by atoms with Crippen LogP contribution in [-0.4, -0.2) is 26.7 Å². The molecule has 0 aliphatic carbocycles. The normalized spacial score (nSPS) is 12.7. The van der Waals surface area contributed by atoms with E-state index < -0.39 is 21.1 Å². The summed E-state index contributed by atoms with van der Waals surface area (Å²) in [5, 5.41) is -1.16. The van der Waals surface area contributed by atoms with E-state index in [9.17, 15) is 13.2 Å². The molecule has 0 aromatic heterocycles. The van der Waals surface area contributed by atoms with Gasteiger partial charge in [0.2, 0.25) is 0 Å². The minimum Gasteiger partial charge on any atom is -0.468 e. The van der Waals surface area contributed by atoms with Gasteiger partial charge in [-0.2, -0.15) is 0 Å². The van der Waals surface area contributed by atoms with Crippen molar-refractivity contribution in [3.05, 3.63) is 42.5 Å². The average molecular weight is 296 g/mol. The third-order valence-electron chi connectivity index (χ3n) is 3.06. The number of carbonyl (C=O) groups is 1. The molecule has 110 valence electrons. The Balaban J connectivity index is 3.06. The minimum absolute atomic E-state index is 0.150. The van der Waals surface area contributed by atoms with Gasteiger partial charge in [0.15, 0.2) is 15.1 Å². The van der Waals surface area contributed by atoms with Crippen LogP contribution >= 0.6 is 0 Å². The summed E-state index contributed by atoms with van der Waals surface area (Å²) in [6.45, 7) is 5.46. The van der Waals surface area contributed by atoms with Crippen molar-refractivity contribution >= 4 is 15.8 Å². The number of methoxy groups -OCH3 is 1. The maximum atomic E-state index is 12.5. The fourth-order valence-electron chi connectivity index (χ4n) is 1.87. The summed E-state index contributed by atoms with van der Waals surface area (Å²) in [5.74, 6) is -0.713. The first-order valence-electron chi connectivity index (χ1n) is 6.42. The van der Waals surface area contributed by atoms with E-state index in [0.717, 1.165) is 5.56 Å². The van der Waals surface area contributed by atoms with Crippen molar-refractivity contribution in [3.63, 3.8) is 0 Å². The van der Waals surface area contributed by atoms with E-state index in [1.165, 1.54) is 19.2 Å². The largest absolute Gasteiger partial charge is 0.468 e. The van der Waals surface area contributed by atoms with Gasteiger partial charge in [0, 0.05) is 0 Å². The minimum atomic E-state index is -3.72. The molecule has 0 amide bonds. The van der Waals surface area contributed by atoms with Crippen LogP contribution < -0.4 is 0 Å². The second-order valence-corrected chi connectivity index (χ2v) is 6.72. The third-order valence-corrected chi connectivity index (χ3v) is 5.17. The van der Waals surface area contributed by atoms with Crippen LogP contribution in [0.3, 0.4) is 0 Å². The molecule has 1 rings (SSSR count). The van der Waals surface area contributed by atoms with Gasteiger partial charge in [0.1, 0.15) is 0 Å². The average Bonchev–Trinajstić information content (AvgIpc) is 2.43. The zero-order valence-corrected chi connectivity index (χ0v) is 12.7. The van der Waals surface area contributed by atoms with E-state index in [4.69, 9.17) is 0 Å². The molecule has 0 saturated heterocycles. The van der Waals surface area contributed by atoms with Crippen LogP contribution in [0.15, 0.2) is 41.8 Å². The number of ether oxygens (including phenoxy) is 1. The summed E-state index contributed by atoms with van der Waals surface area (Å²) in [7, 11) is -2.52. The van der Waals surface area contributed by atoms with E-state index >= 15 is 0 Å². The summed E-state index contributed by atoms with van der Waals surface area (Å²) in [5.41, 5.74) is 0.963. The second kappa shape index (κ2) is 7.24. The maximum absolute atomic E-state index is 12.5. The van der Waals surface area contributed by atoms with Crippen LogP contribution in [-0.2, 0) is 19.4 Å². The van der Waals surface area contributed by atoms with E-state index in [0.29, 0.717) is 12.8 Å². The Morgan fingerprint density at radius 2 is 1.95 bits per heavy atom. The van der Waals surface area contributed by atoms with Crippen LogP contribution in [0.1, 0.15) is 24.8 Å². The van der Waals surface area contributed by atoms with E-state index in [1.54, 1.807) is 18.2 Å². The lowest BCUT2D eigenvalue weighted by Gasteiger charge is -2.15. The molecule has 20 heavy (non-hydrogen) atoms. The monoisotopic (exact) mass is 296 g/mol. The number of aryl methyl sites for hydroxylation is 1. The molecule has 1 unspecified atom stereocenters. The lowest BCUT2D eigenvalue weighted by atomic mass is 10.2. The van der Waals surface area contributed by atoms with Gasteiger partial charge < -0.3 is 4.74 Å². The smallest absolute Gasteiger partial charge is 0.324 e. The third kappa shape index (κ3) is 3.93. The molecule has 1 atom stereocenters. The molecule has 0 radical (unpaired) electrons. The molecule has 4 nitrogen and oxygen atoms in total. The van der Waals surface area contributed by atoms with Crippen molar-refractivity contribution in [2.45, 2.75) is 36.3 Å². The number of sulfone groups is 1. The number of benzene rings is 1. The van der Waals surface area contributed by atoms with E-state index in [2.05, 4.69) is 11.3 Å². The van der Waals surface area contributed by atoms with Gasteiger partial charge in [-0.1, -0.05) is 23.8 Å². The highest BCUT2D eigenvalue weighted by molar-refractivity contribution is 7.92. The Hall–Kier alpha value is -1.62. The molecular formula is C15H20O4S. The quantitative estimate of drug-likeness (QED) is 0.441. The van der Waals surface area contributed by atoms with Crippen molar-refractivity contribution in [2.24, 2.45) is 0 Å². The van der Waals surface area contributed by atoms with Crippen molar-refractivity contribution < 1.29 is 17.9 Å². The highest BCUT2D eigenvalue weighted by Gasteiger charge is 2.34. The van der Waals surface area contributed by atoms with E-state index in [1.807, 2.05) is 6.92 Å². The fraction of sp³-hybridized carbons (Fsp3) is 0.400. The predicted octanol–water partition coefficient (Wildman–Crippen LogP) is 2.67. The number of hydrogen-bond acceptors (Lipinski definition) is 4. The van der Waals surface area contributed by atoms with Crippen molar-refractivity contribution in [2.75, 3.05) is 7.11 Å². The maximum Gasteiger partial charge on any atom is 0.324 e. The Bertz CT molecular complexity index is 558. The molecule has 0 aliphatic heterocycles. The molecule has 0 spiro atoms. The van der Waals surface area contributed by atoms with Gasteiger partial charge in [-0.25, -0.2) is 8.42 Å². The Morgan fingerprint density at radius 1 is 1.35 bits per heavy atom. The second-order valence-electron chi connectivity index (χ2n) is 4.59. The number of hydrogen-bond donors (Lipinski definition) is 0. The van der Waals surface area contributed by atoms with E-state index in [-0.39, 0.29) is 11.3 Å². The highest BCUT2D eigenvalue weighted by atomic mass is 32.2. The predicted molar refractivity (Wildman–Crippen MR) is 78.2 cm³/mol. The van der Waals surface area contributed by atoms with Gasteiger partial charge in [0.05, 0.1) is 12.0 Å². The number of unbranched alkanes of at least 4 members (excludes halogenated alkanes) is 1. The van der Waals surface area contributed by atoms with Crippen molar-refractivity contribution in [1.82, 2.24) is 0 Å². The van der Waals surface area contributed by atoms with Crippen LogP contribution in [0.4, 0.5) is 0 Å². The summed E-state index contributed by atoms with van der Waals surface area (Å²) >= 11 is 0. The van der Waals surface area contributed by atoms with Gasteiger partial charge in [0.25, 0.3) is 0 Å². The fourth-order valence-corrected chi connectivity index (χ4v) is 3.54. The Labute approximate surface area is 120 Å². The topological polar surface area (TPSA) is 60.4 Å². The first-order valence-corrected chi connectivity index (χ1v) is 7.97.